The van der Waals surface area contributed by atoms with Crippen LogP contribution in [-0.2, 0) is 10.0 Å². The Kier molecular flexibility index (Phi) is 6.59. The highest BCUT2D eigenvalue weighted by atomic mass is 32.2. The van der Waals surface area contributed by atoms with Gasteiger partial charge in [-0.1, -0.05) is 29.8 Å². The molecule has 1 aliphatic rings. The Morgan fingerprint density at radius 1 is 1.12 bits per heavy atom. The molecule has 0 spiro atoms. The van der Waals surface area contributed by atoms with Crippen molar-refractivity contribution < 1.29 is 23.1 Å². The Morgan fingerprint density at radius 2 is 1.82 bits per heavy atom. The van der Waals surface area contributed by atoms with Crippen LogP contribution in [-0.4, -0.2) is 53.8 Å². The van der Waals surface area contributed by atoms with Crippen molar-refractivity contribution in [2.75, 3.05) is 13.1 Å². The third-order valence-electron chi connectivity index (χ3n) is 5.53. The van der Waals surface area contributed by atoms with Crippen LogP contribution in [0, 0.1) is 6.92 Å². The van der Waals surface area contributed by atoms with Gasteiger partial charge in [0.25, 0.3) is 5.91 Å². The fourth-order valence-corrected chi connectivity index (χ4v) is 5.94. The van der Waals surface area contributed by atoms with E-state index in [0.717, 1.165) is 5.56 Å². The summed E-state index contributed by atoms with van der Waals surface area (Å²) in [5.74, 6) is -1.30. The quantitative estimate of drug-likeness (QED) is 0.553. The van der Waals surface area contributed by atoms with E-state index < -0.39 is 16.0 Å². The summed E-state index contributed by atoms with van der Waals surface area (Å²) >= 11 is 1.18. The van der Waals surface area contributed by atoms with Crippen LogP contribution in [0.1, 0.15) is 38.4 Å². The molecule has 172 valence electrons. The minimum atomic E-state index is -3.55. The first-order chi connectivity index (χ1) is 15.7. The number of sulfonamides is 1. The topological polar surface area (TPSA) is 117 Å². The summed E-state index contributed by atoms with van der Waals surface area (Å²) in [6, 6.07) is 13.1. The summed E-state index contributed by atoms with van der Waals surface area (Å²) in [6.45, 7) is 2.57. The number of aromatic nitrogens is 1. The van der Waals surface area contributed by atoms with Crippen molar-refractivity contribution in [3.63, 3.8) is 0 Å². The lowest BCUT2D eigenvalue weighted by Gasteiger charge is -2.31. The molecule has 1 amide bonds. The molecule has 0 aliphatic carbocycles. The molecule has 3 aromatic rings. The second-order valence-electron chi connectivity index (χ2n) is 7.88. The van der Waals surface area contributed by atoms with Crippen molar-refractivity contribution in [3.05, 3.63) is 70.7 Å². The molecule has 8 nitrogen and oxygen atoms in total. The first-order valence-electron chi connectivity index (χ1n) is 10.4. The van der Waals surface area contributed by atoms with E-state index in [1.165, 1.54) is 34.0 Å². The summed E-state index contributed by atoms with van der Waals surface area (Å²) in [5, 5.41) is 12.7. The van der Waals surface area contributed by atoms with Crippen LogP contribution in [0.4, 0.5) is 0 Å². The number of thiazole rings is 1. The largest absolute Gasteiger partial charge is 0.478 e. The number of nitrogens with zero attached hydrogens (tertiary/aromatic N) is 2. The average molecular weight is 486 g/mol. The second-order valence-corrected chi connectivity index (χ2v) is 10.8. The first-order valence-corrected chi connectivity index (χ1v) is 12.7. The molecule has 0 atom stereocenters. The SMILES string of the molecule is Cc1ccc(S(=O)(=O)N2CCC(NC(=O)c3cnc(-c4cccc(C(=O)O)c4)s3)CC2)cc1. The summed E-state index contributed by atoms with van der Waals surface area (Å²) in [4.78, 5) is 28.8. The Labute approximate surface area is 196 Å². The molecule has 2 aromatic carbocycles. The number of carboxylic acids is 1. The van der Waals surface area contributed by atoms with Crippen molar-refractivity contribution in [1.82, 2.24) is 14.6 Å². The number of aryl methyl sites for hydroxylation is 1. The van der Waals surface area contributed by atoms with E-state index in [-0.39, 0.29) is 22.4 Å². The Hall–Kier alpha value is -3.08. The first kappa shape index (κ1) is 23.1. The molecular weight excluding hydrogens is 462 g/mol. The third kappa shape index (κ3) is 5.13. The number of rotatable bonds is 6. The number of hydrogen-bond donors (Lipinski definition) is 2. The van der Waals surface area contributed by atoms with E-state index in [1.807, 2.05) is 6.92 Å². The second kappa shape index (κ2) is 9.42. The van der Waals surface area contributed by atoms with E-state index in [2.05, 4.69) is 10.3 Å². The van der Waals surface area contributed by atoms with Gasteiger partial charge in [-0.2, -0.15) is 4.31 Å². The van der Waals surface area contributed by atoms with E-state index in [4.69, 9.17) is 5.11 Å². The maximum atomic E-state index is 12.8. The maximum Gasteiger partial charge on any atom is 0.335 e. The third-order valence-corrected chi connectivity index (χ3v) is 8.49. The molecule has 2 N–H and O–H groups in total. The monoisotopic (exact) mass is 485 g/mol. The highest BCUT2D eigenvalue weighted by molar-refractivity contribution is 7.89. The number of piperidine rings is 1. The van der Waals surface area contributed by atoms with Gasteiger partial charge < -0.3 is 10.4 Å². The molecule has 2 heterocycles. The van der Waals surface area contributed by atoms with Gasteiger partial charge >= 0.3 is 5.97 Å². The Balaban J connectivity index is 1.37. The van der Waals surface area contributed by atoms with Crippen LogP contribution < -0.4 is 5.32 Å². The molecule has 4 rings (SSSR count). The molecule has 1 fully saturated rings. The summed E-state index contributed by atoms with van der Waals surface area (Å²) < 4.78 is 27.2. The van der Waals surface area contributed by atoms with Gasteiger partial charge in [-0.05, 0) is 44.0 Å². The number of aromatic carboxylic acids is 1. The van der Waals surface area contributed by atoms with Crippen molar-refractivity contribution >= 4 is 33.2 Å². The molecule has 33 heavy (non-hydrogen) atoms. The summed E-state index contributed by atoms with van der Waals surface area (Å²) in [5.41, 5.74) is 1.78. The molecule has 10 heteroatoms. The van der Waals surface area contributed by atoms with Gasteiger partial charge in [-0.3, -0.25) is 4.79 Å². The van der Waals surface area contributed by atoms with Gasteiger partial charge in [0.05, 0.1) is 16.7 Å². The Morgan fingerprint density at radius 3 is 2.48 bits per heavy atom. The Bertz CT molecular complexity index is 1280. The van der Waals surface area contributed by atoms with Gasteiger partial charge in [0.1, 0.15) is 9.88 Å². The van der Waals surface area contributed by atoms with Gasteiger partial charge in [0.2, 0.25) is 10.0 Å². The van der Waals surface area contributed by atoms with Crippen molar-refractivity contribution in [3.8, 4) is 10.6 Å². The zero-order valence-corrected chi connectivity index (χ0v) is 19.5. The number of carbonyl (C=O) groups excluding carboxylic acids is 1. The van der Waals surface area contributed by atoms with E-state index in [9.17, 15) is 18.0 Å². The van der Waals surface area contributed by atoms with Gasteiger partial charge in [-0.25, -0.2) is 18.2 Å². The zero-order chi connectivity index (χ0) is 23.6. The molecule has 1 aliphatic heterocycles. The highest BCUT2D eigenvalue weighted by Crippen LogP contribution is 2.27. The normalized spacial score (nSPS) is 15.3. The number of nitrogens with one attached hydrogen (secondary N) is 1. The number of amides is 1. The molecule has 0 saturated carbocycles. The highest BCUT2D eigenvalue weighted by Gasteiger charge is 2.30. The fourth-order valence-electron chi connectivity index (χ4n) is 3.65. The minimum Gasteiger partial charge on any atom is -0.478 e. The standard InChI is InChI=1S/C23H23N3O5S2/c1-15-5-7-19(8-6-15)33(30,31)26-11-9-18(10-12-26)25-21(27)20-14-24-22(32-20)16-3-2-4-17(13-16)23(28)29/h2-8,13-14,18H,9-12H2,1H3,(H,25,27)(H,28,29). The van der Waals surface area contributed by atoms with Crippen LogP contribution in [0.2, 0.25) is 0 Å². The van der Waals surface area contributed by atoms with Crippen LogP contribution in [0.25, 0.3) is 10.6 Å². The summed E-state index contributed by atoms with van der Waals surface area (Å²) in [7, 11) is -3.55. The number of carboxylic acid groups (broad SMARTS) is 1. The van der Waals surface area contributed by atoms with Crippen LogP contribution in [0.3, 0.4) is 0 Å². The molecule has 1 saturated heterocycles. The average Bonchev–Trinajstić information content (AvgIpc) is 3.30. The van der Waals surface area contributed by atoms with E-state index in [1.54, 1.807) is 36.4 Å². The predicted molar refractivity (Wildman–Crippen MR) is 125 cm³/mol. The molecule has 1 aromatic heterocycles. The molecule has 0 bridgehead atoms. The number of hydrogen-bond acceptors (Lipinski definition) is 6. The smallest absolute Gasteiger partial charge is 0.335 e. The summed E-state index contributed by atoms with van der Waals surface area (Å²) in [6.07, 6.45) is 2.51. The van der Waals surface area contributed by atoms with Crippen LogP contribution in [0.5, 0.6) is 0 Å². The van der Waals surface area contributed by atoms with Crippen LogP contribution in [0.15, 0.2) is 59.6 Å². The van der Waals surface area contributed by atoms with Gasteiger partial charge in [0, 0.05) is 24.7 Å². The predicted octanol–water partition coefficient (Wildman–Crippen LogP) is 3.40. The van der Waals surface area contributed by atoms with Crippen molar-refractivity contribution in [2.24, 2.45) is 0 Å². The lowest BCUT2D eigenvalue weighted by Crippen LogP contribution is -2.46. The van der Waals surface area contributed by atoms with Crippen molar-refractivity contribution in [1.29, 1.82) is 0 Å². The van der Waals surface area contributed by atoms with E-state index >= 15 is 0 Å². The lowest BCUT2D eigenvalue weighted by molar-refractivity contribution is 0.0696. The molecule has 0 radical (unpaired) electrons. The van der Waals surface area contributed by atoms with Crippen LogP contribution >= 0.6 is 11.3 Å². The number of carbonyl (C=O) groups is 2. The lowest BCUT2D eigenvalue weighted by atomic mass is 10.1. The molecular formula is C23H23N3O5S2. The molecule has 0 unspecified atom stereocenters. The fraction of sp³-hybridized carbons (Fsp3) is 0.261. The number of benzene rings is 2. The maximum absolute atomic E-state index is 12.8. The van der Waals surface area contributed by atoms with Gasteiger partial charge in [0.15, 0.2) is 0 Å². The van der Waals surface area contributed by atoms with Gasteiger partial charge in [-0.15, -0.1) is 11.3 Å². The minimum absolute atomic E-state index is 0.136. The van der Waals surface area contributed by atoms with E-state index in [0.29, 0.717) is 41.4 Å². The van der Waals surface area contributed by atoms with Crippen molar-refractivity contribution in [2.45, 2.75) is 30.7 Å². The zero-order valence-electron chi connectivity index (χ0n) is 17.9.